The van der Waals surface area contributed by atoms with Crippen LogP contribution in [0.25, 0.3) is 0 Å². The number of aromatic carboxylic acids is 1. The monoisotopic (exact) mass is 345 g/mol. The summed E-state index contributed by atoms with van der Waals surface area (Å²) in [5.41, 5.74) is 2.22. The van der Waals surface area contributed by atoms with Crippen molar-refractivity contribution in [3.8, 4) is 5.75 Å². The highest BCUT2D eigenvalue weighted by atomic mass is 32.1. The number of hydrogen-bond donors (Lipinski definition) is 2. The molecule has 0 atom stereocenters. The lowest BCUT2D eigenvalue weighted by Gasteiger charge is -2.06. The van der Waals surface area contributed by atoms with Crippen LogP contribution in [0, 0.1) is 0 Å². The van der Waals surface area contributed by atoms with Crippen LogP contribution in [0.3, 0.4) is 0 Å². The Bertz CT molecular complexity index is 764. The minimum Gasteiger partial charge on any atom is -0.497 e. The van der Waals surface area contributed by atoms with Crippen LogP contribution in [0.1, 0.15) is 39.2 Å². The van der Waals surface area contributed by atoms with Crippen molar-refractivity contribution in [3.05, 3.63) is 45.8 Å². The Kier molecular flexibility index (Phi) is 4.85. The van der Waals surface area contributed by atoms with Gasteiger partial charge in [0.15, 0.2) is 0 Å². The summed E-state index contributed by atoms with van der Waals surface area (Å²) in [5.74, 6) is -0.338. The summed E-state index contributed by atoms with van der Waals surface area (Å²) >= 11 is 1.40. The molecule has 0 spiro atoms. The van der Waals surface area contributed by atoms with Crippen molar-refractivity contribution in [2.45, 2.75) is 32.1 Å². The molecule has 5 nitrogen and oxygen atoms in total. The van der Waals surface area contributed by atoms with Crippen molar-refractivity contribution in [3.63, 3.8) is 0 Å². The molecular formula is C18H19NO4S. The average Bonchev–Trinajstić information content (AvgIpc) is 3.13. The standard InChI is InChI=1S/C18H19NO4S/c1-23-12-8-5-11(6-9-12)7-10-15(20)19-17-16(18(21)22)13-3-2-4-14(13)24-17/h5-6,8-9H,2-4,7,10H2,1H3,(H,19,20)(H,21,22). The highest BCUT2D eigenvalue weighted by Crippen LogP contribution is 2.39. The van der Waals surface area contributed by atoms with E-state index in [1.807, 2.05) is 24.3 Å². The van der Waals surface area contributed by atoms with Crippen LogP contribution in [-0.2, 0) is 24.1 Å². The number of carboxylic acids is 1. The Balaban J connectivity index is 1.64. The lowest BCUT2D eigenvalue weighted by atomic mass is 10.1. The van der Waals surface area contributed by atoms with Gasteiger partial charge in [-0.15, -0.1) is 11.3 Å². The number of amides is 1. The normalized spacial score (nSPS) is 12.7. The molecule has 2 N–H and O–H groups in total. The predicted octanol–water partition coefficient (Wildman–Crippen LogP) is 3.51. The molecule has 0 aliphatic heterocycles. The number of aryl methyl sites for hydroxylation is 2. The molecule has 1 heterocycles. The van der Waals surface area contributed by atoms with E-state index in [1.54, 1.807) is 7.11 Å². The van der Waals surface area contributed by atoms with E-state index in [4.69, 9.17) is 4.74 Å². The number of benzene rings is 1. The summed E-state index contributed by atoms with van der Waals surface area (Å²) in [7, 11) is 1.61. The van der Waals surface area contributed by atoms with E-state index in [0.717, 1.165) is 41.0 Å². The molecule has 0 saturated carbocycles. The first-order valence-corrected chi connectivity index (χ1v) is 8.70. The number of carbonyl (C=O) groups is 2. The van der Waals surface area contributed by atoms with E-state index in [-0.39, 0.29) is 11.5 Å². The summed E-state index contributed by atoms with van der Waals surface area (Å²) in [4.78, 5) is 24.8. The van der Waals surface area contributed by atoms with Crippen LogP contribution in [0.4, 0.5) is 5.00 Å². The zero-order chi connectivity index (χ0) is 17.1. The number of nitrogens with one attached hydrogen (secondary N) is 1. The van der Waals surface area contributed by atoms with E-state index >= 15 is 0 Å². The number of carbonyl (C=O) groups excluding carboxylic acids is 1. The van der Waals surface area contributed by atoms with Gasteiger partial charge in [0.1, 0.15) is 10.8 Å². The first kappa shape index (κ1) is 16.5. The number of thiophene rings is 1. The SMILES string of the molecule is COc1ccc(CCC(=O)Nc2sc3c(c2C(=O)O)CCC3)cc1. The molecule has 0 saturated heterocycles. The summed E-state index contributed by atoms with van der Waals surface area (Å²) in [6.07, 6.45) is 3.60. The third-order valence-corrected chi connectivity index (χ3v) is 5.40. The molecule has 0 unspecified atom stereocenters. The van der Waals surface area contributed by atoms with Crippen LogP contribution >= 0.6 is 11.3 Å². The second-order valence-corrected chi connectivity index (χ2v) is 6.87. The van der Waals surface area contributed by atoms with E-state index < -0.39 is 5.97 Å². The van der Waals surface area contributed by atoms with Gasteiger partial charge in [-0.1, -0.05) is 12.1 Å². The molecule has 24 heavy (non-hydrogen) atoms. The molecule has 1 aliphatic carbocycles. The van der Waals surface area contributed by atoms with E-state index in [9.17, 15) is 14.7 Å². The Morgan fingerprint density at radius 2 is 2.00 bits per heavy atom. The Hall–Kier alpha value is -2.34. The Morgan fingerprint density at radius 1 is 1.25 bits per heavy atom. The van der Waals surface area contributed by atoms with Gasteiger partial charge in [0.2, 0.25) is 5.91 Å². The van der Waals surface area contributed by atoms with Gasteiger partial charge in [-0.2, -0.15) is 0 Å². The summed E-state index contributed by atoms with van der Waals surface area (Å²) in [5, 5.41) is 12.7. The van der Waals surface area contributed by atoms with Gasteiger partial charge in [0, 0.05) is 11.3 Å². The lowest BCUT2D eigenvalue weighted by molar-refractivity contribution is -0.116. The molecule has 6 heteroatoms. The zero-order valence-electron chi connectivity index (χ0n) is 13.4. The minimum absolute atomic E-state index is 0.159. The van der Waals surface area contributed by atoms with Crippen molar-refractivity contribution in [1.82, 2.24) is 0 Å². The number of ether oxygens (including phenoxy) is 1. The second kappa shape index (κ2) is 7.05. The molecule has 0 fully saturated rings. The largest absolute Gasteiger partial charge is 0.497 e. The zero-order valence-corrected chi connectivity index (χ0v) is 14.2. The van der Waals surface area contributed by atoms with Crippen molar-refractivity contribution in [2.24, 2.45) is 0 Å². The van der Waals surface area contributed by atoms with Gasteiger partial charge >= 0.3 is 5.97 Å². The molecule has 3 rings (SSSR count). The fourth-order valence-corrected chi connectivity index (χ4v) is 4.26. The number of anilines is 1. The number of rotatable bonds is 6. The van der Waals surface area contributed by atoms with Gasteiger partial charge in [-0.3, -0.25) is 4.79 Å². The molecule has 1 aromatic heterocycles. The molecule has 1 aliphatic rings. The molecular weight excluding hydrogens is 326 g/mol. The third-order valence-electron chi connectivity index (χ3n) is 4.19. The van der Waals surface area contributed by atoms with Crippen LogP contribution in [0.5, 0.6) is 5.75 Å². The Labute approximate surface area is 144 Å². The van der Waals surface area contributed by atoms with Crippen molar-refractivity contribution < 1.29 is 19.4 Å². The van der Waals surface area contributed by atoms with Crippen LogP contribution in [0.2, 0.25) is 0 Å². The number of methoxy groups -OCH3 is 1. The molecule has 1 amide bonds. The van der Waals surface area contributed by atoms with E-state index in [1.165, 1.54) is 11.3 Å². The first-order chi connectivity index (χ1) is 11.6. The van der Waals surface area contributed by atoms with Crippen molar-refractivity contribution in [2.75, 3.05) is 12.4 Å². The maximum atomic E-state index is 12.2. The minimum atomic E-state index is -0.958. The summed E-state index contributed by atoms with van der Waals surface area (Å²) < 4.78 is 5.11. The number of fused-ring (bicyclic) bond motifs is 1. The second-order valence-electron chi connectivity index (χ2n) is 5.76. The molecule has 2 aromatic rings. The van der Waals surface area contributed by atoms with Gasteiger partial charge < -0.3 is 15.2 Å². The van der Waals surface area contributed by atoms with Crippen molar-refractivity contribution in [1.29, 1.82) is 0 Å². The molecule has 0 radical (unpaired) electrons. The first-order valence-electron chi connectivity index (χ1n) is 7.89. The van der Waals surface area contributed by atoms with Crippen LogP contribution in [-0.4, -0.2) is 24.1 Å². The van der Waals surface area contributed by atoms with Crippen molar-refractivity contribution >= 4 is 28.2 Å². The fourth-order valence-electron chi connectivity index (χ4n) is 2.96. The highest BCUT2D eigenvalue weighted by Gasteiger charge is 2.27. The summed E-state index contributed by atoms with van der Waals surface area (Å²) in [6.45, 7) is 0. The maximum absolute atomic E-state index is 12.2. The van der Waals surface area contributed by atoms with Gasteiger partial charge in [-0.25, -0.2) is 4.79 Å². The van der Waals surface area contributed by atoms with Gasteiger partial charge in [0.05, 0.1) is 12.7 Å². The fraction of sp³-hybridized carbons (Fsp3) is 0.333. The number of carboxylic acid groups (broad SMARTS) is 1. The quantitative estimate of drug-likeness (QED) is 0.840. The van der Waals surface area contributed by atoms with Crippen LogP contribution < -0.4 is 10.1 Å². The van der Waals surface area contributed by atoms with E-state index in [0.29, 0.717) is 17.8 Å². The highest BCUT2D eigenvalue weighted by molar-refractivity contribution is 7.17. The van der Waals surface area contributed by atoms with Crippen LogP contribution in [0.15, 0.2) is 24.3 Å². The smallest absolute Gasteiger partial charge is 0.339 e. The molecule has 1 aromatic carbocycles. The van der Waals surface area contributed by atoms with Gasteiger partial charge in [-0.05, 0) is 48.9 Å². The molecule has 126 valence electrons. The van der Waals surface area contributed by atoms with Gasteiger partial charge in [0.25, 0.3) is 0 Å². The maximum Gasteiger partial charge on any atom is 0.339 e. The molecule has 0 bridgehead atoms. The Morgan fingerprint density at radius 3 is 2.67 bits per heavy atom. The lowest BCUT2D eigenvalue weighted by Crippen LogP contribution is -2.14. The predicted molar refractivity (Wildman–Crippen MR) is 93.2 cm³/mol. The topological polar surface area (TPSA) is 75.6 Å². The average molecular weight is 345 g/mol. The van der Waals surface area contributed by atoms with E-state index in [2.05, 4.69) is 5.32 Å². The number of hydrogen-bond acceptors (Lipinski definition) is 4. The summed E-state index contributed by atoms with van der Waals surface area (Å²) in [6, 6.07) is 7.57. The third kappa shape index (κ3) is 3.43.